The van der Waals surface area contributed by atoms with Crippen LogP contribution in [0.25, 0.3) is 0 Å². The third-order valence-corrected chi connectivity index (χ3v) is 6.64. The Morgan fingerprint density at radius 2 is 1.83 bits per heavy atom. The normalized spacial score (nSPS) is 17.3. The molecule has 0 bridgehead atoms. The summed E-state index contributed by atoms with van der Waals surface area (Å²) in [5, 5.41) is 2.91. The van der Waals surface area contributed by atoms with Crippen molar-refractivity contribution < 1.29 is 8.42 Å². The Bertz CT molecular complexity index is 435. The quantitative estimate of drug-likeness (QED) is 0.330. The van der Waals surface area contributed by atoms with Crippen molar-refractivity contribution in [1.82, 2.24) is 9.62 Å². The van der Waals surface area contributed by atoms with Gasteiger partial charge in [0.05, 0.1) is 5.75 Å². The zero-order valence-electron chi connectivity index (χ0n) is 14.3. The minimum Gasteiger partial charge on any atom is -0.370 e. The first-order valence-electron chi connectivity index (χ1n) is 8.65. The van der Waals surface area contributed by atoms with Crippen LogP contribution < -0.4 is 11.1 Å². The number of nitrogens with two attached hydrogens (primary N) is 1. The molecule has 8 heteroatoms. The van der Waals surface area contributed by atoms with Crippen LogP contribution in [0, 0.1) is 0 Å². The van der Waals surface area contributed by atoms with Gasteiger partial charge in [-0.1, -0.05) is 39.0 Å². The van der Waals surface area contributed by atoms with Gasteiger partial charge in [0.2, 0.25) is 10.0 Å². The molecule has 1 aliphatic heterocycles. The summed E-state index contributed by atoms with van der Waals surface area (Å²) in [7, 11) is -3.17. The fraction of sp³-hybridized carbons (Fsp3) is 0.933. The predicted molar refractivity (Wildman–Crippen MR) is 101 cm³/mol. The van der Waals surface area contributed by atoms with Gasteiger partial charge in [0, 0.05) is 37.7 Å². The molecular formula is C15H32N4O2S2. The fourth-order valence-corrected chi connectivity index (χ4v) is 4.90. The van der Waals surface area contributed by atoms with Crippen molar-refractivity contribution in [1.29, 1.82) is 0 Å². The van der Waals surface area contributed by atoms with Gasteiger partial charge in [-0.15, -0.1) is 0 Å². The number of hydrogen-bond donors (Lipinski definition) is 2. The van der Waals surface area contributed by atoms with Gasteiger partial charge in [0.15, 0.2) is 5.96 Å². The molecule has 1 heterocycles. The number of hydrogen-bond acceptors (Lipinski definition) is 4. The summed E-state index contributed by atoms with van der Waals surface area (Å²) < 4.78 is 25.9. The molecule has 0 atom stereocenters. The molecule has 3 N–H and O–H groups in total. The maximum Gasteiger partial charge on any atom is 0.215 e. The largest absolute Gasteiger partial charge is 0.370 e. The van der Waals surface area contributed by atoms with Crippen molar-refractivity contribution in [3.63, 3.8) is 0 Å². The number of rotatable bonds is 11. The second-order valence-electron chi connectivity index (χ2n) is 5.79. The smallest absolute Gasteiger partial charge is 0.215 e. The molecule has 1 aliphatic rings. The molecule has 0 aromatic heterocycles. The second kappa shape index (κ2) is 12.0. The van der Waals surface area contributed by atoms with E-state index in [1.807, 2.05) is 0 Å². The monoisotopic (exact) mass is 364 g/mol. The molecule has 0 amide bonds. The Morgan fingerprint density at radius 1 is 1.17 bits per heavy atom. The molecule has 1 saturated heterocycles. The summed E-state index contributed by atoms with van der Waals surface area (Å²) in [5.41, 5.74) is 5.77. The topological polar surface area (TPSA) is 87.8 Å². The maximum atomic E-state index is 12.1. The van der Waals surface area contributed by atoms with Gasteiger partial charge in [-0.3, -0.25) is 4.99 Å². The summed E-state index contributed by atoms with van der Waals surface area (Å²) >= 11 is 1.80. The van der Waals surface area contributed by atoms with Crippen molar-refractivity contribution in [3.05, 3.63) is 0 Å². The third kappa shape index (κ3) is 9.42. The SMILES string of the molecule is CCCCCCCCN=C(N)NCCS(=O)(=O)N1CCSCC1. The molecule has 0 aromatic rings. The standard InChI is InChI=1S/C15H32N4O2S2/c1-2-3-4-5-6-7-8-17-15(16)18-9-14-23(20,21)19-10-12-22-13-11-19/h2-14H2,1H3,(H3,16,17,18). The van der Waals surface area contributed by atoms with Crippen molar-refractivity contribution in [2.45, 2.75) is 45.4 Å². The van der Waals surface area contributed by atoms with E-state index in [4.69, 9.17) is 5.73 Å². The summed E-state index contributed by atoms with van der Waals surface area (Å²) in [6.45, 7) is 4.48. The van der Waals surface area contributed by atoms with Gasteiger partial charge in [0.1, 0.15) is 0 Å². The lowest BCUT2D eigenvalue weighted by Gasteiger charge is -2.25. The number of thioether (sulfide) groups is 1. The number of guanidine groups is 1. The van der Waals surface area contributed by atoms with Crippen LogP contribution in [0.3, 0.4) is 0 Å². The van der Waals surface area contributed by atoms with Crippen molar-refractivity contribution in [2.75, 3.05) is 43.4 Å². The Labute approximate surface area is 145 Å². The molecule has 0 radical (unpaired) electrons. The highest BCUT2D eigenvalue weighted by Crippen LogP contribution is 2.12. The van der Waals surface area contributed by atoms with Crippen molar-refractivity contribution in [3.8, 4) is 0 Å². The van der Waals surface area contributed by atoms with Gasteiger partial charge in [0.25, 0.3) is 0 Å². The summed E-state index contributed by atoms with van der Waals surface area (Å²) in [6, 6.07) is 0. The highest BCUT2D eigenvalue weighted by molar-refractivity contribution is 7.99. The molecule has 0 spiro atoms. The van der Waals surface area contributed by atoms with Crippen LogP contribution in [0.5, 0.6) is 0 Å². The molecule has 6 nitrogen and oxygen atoms in total. The van der Waals surface area contributed by atoms with E-state index in [2.05, 4.69) is 17.2 Å². The zero-order chi connectivity index (χ0) is 17.0. The van der Waals surface area contributed by atoms with E-state index in [1.54, 1.807) is 16.1 Å². The van der Waals surface area contributed by atoms with Crippen LogP contribution in [0.4, 0.5) is 0 Å². The van der Waals surface area contributed by atoms with E-state index in [1.165, 1.54) is 32.1 Å². The summed E-state index contributed by atoms with van der Waals surface area (Å²) in [4.78, 5) is 4.25. The first-order valence-corrected chi connectivity index (χ1v) is 11.4. The minimum absolute atomic E-state index is 0.0743. The summed E-state index contributed by atoms with van der Waals surface area (Å²) in [5.74, 6) is 2.19. The number of unbranched alkanes of at least 4 members (excludes halogenated alkanes) is 5. The Balaban J connectivity index is 2.12. The Morgan fingerprint density at radius 3 is 2.52 bits per heavy atom. The molecule has 23 heavy (non-hydrogen) atoms. The second-order valence-corrected chi connectivity index (χ2v) is 9.10. The van der Waals surface area contributed by atoms with Gasteiger partial charge >= 0.3 is 0 Å². The van der Waals surface area contributed by atoms with Crippen LogP contribution in [0.1, 0.15) is 45.4 Å². The van der Waals surface area contributed by atoms with Crippen LogP contribution in [-0.4, -0.2) is 62.1 Å². The molecule has 1 rings (SSSR count). The highest BCUT2D eigenvalue weighted by Gasteiger charge is 2.23. The first-order chi connectivity index (χ1) is 11.1. The number of nitrogens with zero attached hydrogens (tertiary/aromatic N) is 2. The van der Waals surface area contributed by atoms with E-state index in [0.717, 1.165) is 17.9 Å². The van der Waals surface area contributed by atoms with E-state index < -0.39 is 10.0 Å². The van der Waals surface area contributed by atoms with Gasteiger partial charge < -0.3 is 11.1 Å². The van der Waals surface area contributed by atoms with Crippen molar-refractivity contribution in [2.24, 2.45) is 10.7 Å². The van der Waals surface area contributed by atoms with Crippen LogP contribution in [0.15, 0.2) is 4.99 Å². The van der Waals surface area contributed by atoms with Gasteiger partial charge in [-0.2, -0.15) is 11.8 Å². The van der Waals surface area contributed by atoms with E-state index in [0.29, 0.717) is 32.1 Å². The lowest BCUT2D eigenvalue weighted by atomic mass is 10.1. The first kappa shape index (κ1) is 20.6. The fourth-order valence-electron chi connectivity index (χ4n) is 2.41. The molecule has 0 aliphatic carbocycles. The molecular weight excluding hydrogens is 332 g/mol. The maximum absolute atomic E-state index is 12.1. The molecule has 0 aromatic carbocycles. The summed E-state index contributed by atoms with van der Waals surface area (Å²) in [6.07, 6.45) is 7.32. The van der Waals surface area contributed by atoms with Crippen molar-refractivity contribution >= 4 is 27.7 Å². The molecule has 0 saturated carbocycles. The molecule has 1 fully saturated rings. The lowest BCUT2D eigenvalue weighted by molar-refractivity contribution is 0.443. The van der Waals surface area contributed by atoms with E-state index in [9.17, 15) is 8.42 Å². The van der Waals surface area contributed by atoms with Gasteiger partial charge in [-0.25, -0.2) is 12.7 Å². The predicted octanol–water partition coefficient (Wildman–Crippen LogP) is 1.63. The number of aliphatic imine (C=N–C) groups is 1. The average molecular weight is 365 g/mol. The van der Waals surface area contributed by atoms with Crippen LogP contribution in [-0.2, 0) is 10.0 Å². The Hall–Kier alpha value is -0.470. The molecule has 136 valence electrons. The third-order valence-electron chi connectivity index (χ3n) is 3.82. The van der Waals surface area contributed by atoms with Gasteiger partial charge in [-0.05, 0) is 6.42 Å². The molecule has 0 unspecified atom stereocenters. The Kier molecular flexibility index (Phi) is 10.7. The van der Waals surface area contributed by atoms with E-state index in [-0.39, 0.29) is 5.75 Å². The average Bonchev–Trinajstić information content (AvgIpc) is 2.54. The van der Waals surface area contributed by atoms with E-state index >= 15 is 0 Å². The number of sulfonamides is 1. The van der Waals surface area contributed by atoms with Crippen LogP contribution >= 0.6 is 11.8 Å². The zero-order valence-corrected chi connectivity index (χ0v) is 15.9. The number of nitrogens with one attached hydrogen (secondary N) is 1. The lowest BCUT2D eigenvalue weighted by Crippen LogP contribution is -2.43. The van der Waals surface area contributed by atoms with Crippen LogP contribution in [0.2, 0.25) is 0 Å². The highest BCUT2D eigenvalue weighted by atomic mass is 32.2. The minimum atomic E-state index is -3.17.